The van der Waals surface area contributed by atoms with Gasteiger partial charge in [0.15, 0.2) is 23.3 Å². The topological polar surface area (TPSA) is 9.23 Å². The van der Waals surface area contributed by atoms with E-state index in [2.05, 4.69) is 50.3 Å². The number of rotatable bonds is 22. The van der Waals surface area contributed by atoms with E-state index in [4.69, 9.17) is 4.74 Å². The third kappa shape index (κ3) is 14.0. The van der Waals surface area contributed by atoms with Gasteiger partial charge in [-0.25, -0.2) is 17.6 Å². The Kier molecular flexibility index (Phi) is 18.8. The molecule has 4 aromatic rings. The zero-order valence-corrected chi connectivity index (χ0v) is 37.0. The molecule has 0 atom stereocenters. The van der Waals surface area contributed by atoms with E-state index in [1.807, 2.05) is 24.3 Å². The highest BCUT2D eigenvalue weighted by molar-refractivity contribution is 5.73. The standard InChI is InChI=1S/C56H70F4O/c1-3-5-7-9-11-13-41-15-19-45(20-16-41)51(47-27-23-43(24-28-47)49-31-33-53(57)55(59)39-49)35-37-61-38-36-52(46-21-17-42(18-22-46)14-12-10-8-6-4-2)48-29-25-44(26-30-48)50-32-34-54(58)56(60)40-50/h23-36,39-42,45-46H,3-22,37-38H2,1-2H3/t41-,42-,45-,46-. The summed E-state index contributed by atoms with van der Waals surface area (Å²) in [6.45, 7) is 5.55. The number of ether oxygens (including phenoxy) is 1. The van der Waals surface area contributed by atoms with Gasteiger partial charge < -0.3 is 4.74 Å². The first-order chi connectivity index (χ1) is 29.8. The van der Waals surface area contributed by atoms with Crippen LogP contribution in [0, 0.1) is 46.9 Å². The molecule has 0 bridgehead atoms. The molecule has 0 aliphatic heterocycles. The predicted octanol–water partition coefficient (Wildman–Crippen LogP) is 17.4. The fourth-order valence-corrected chi connectivity index (χ4v) is 10.1. The molecule has 0 amide bonds. The van der Waals surface area contributed by atoms with Gasteiger partial charge in [-0.15, -0.1) is 0 Å². The molecule has 0 saturated heterocycles. The lowest BCUT2D eigenvalue weighted by Gasteiger charge is -2.31. The Morgan fingerprint density at radius 2 is 0.803 bits per heavy atom. The van der Waals surface area contributed by atoms with E-state index < -0.39 is 23.3 Å². The number of allylic oxidation sites excluding steroid dienone is 2. The van der Waals surface area contributed by atoms with Crippen molar-refractivity contribution in [2.75, 3.05) is 13.2 Å². The van der Waals surface area contributed by atoms with Crippen LogP contribution in [0.25, 0.3) is 33.4 Å². The summed E-state index contributed by atoms with van der Waals surface area (Å²) in [4.78, 5) is 0. The van der Waals surface area contributed by atoms with Crippen LogP contribution in [-0.2, 0) is 4.74 Å². The summed E-state index contributed by atoms with van der Waals surface area (Å²) in [6.07, 6.45) is 30.3. The molecule has 2 fully saturated rings. The Morgan fingerprint density at radius 1 is 0.443 bits per heavy atom. The van der Waals surface area contributed by atoms with Crippen molar-refractivity contribution in [3.05, 3.63) is 131 Å². The number of benzene rings is 4. The van der Waals surface area contributed by atoms with Crippen LogP contribution in [-0.4, -0.2) is 13.2 Å². The fourth-order valence-electron chi connectivity index (χ4n) is 10.1. The first-order valence-corrected chi connectivity index (χ1v) is 23.9. The highest BCUT2D eigenvalue weighted by Gasteiger charge is 2.26. The van der Waals surface area contributed by atoms with Gasteiger partial charge in [0.1, 0.15) is 0 Å². The smallest absolute Gasteiger partial charge is 0.159 e. The Balaban J connectivity index is 1.15. The van der Waals surface area contributed by atoms with Gasteiger partial charge >= 0.3 is 0 Å². The van der Waals surface area contributed by atoms with Gasteiger partial charge in [0.2, 0.25) is 0 Å². The van der Waals surface area contributed by atoms with Gasteiger partial charge in [0.05, 0.1) is 13.2 Å². The minimum absolute atomic E-state index is 0.454. The molecule has 328 valence electrons. The maximum Gasteiger partial charge on any atom is 0.159 e. The van der Waals surface area contributed by atoms with Gasteiger partial charge in [-0.1, -0.05) is 164 Å². The molecular weight excluding hydrogens is 765 g/mol. The lowest BCUT2D eigenvalue weighted by atomic mass is 9.75. The van der Waals surface area contributed by atoms with E-state index in [0.717, 1.165) is 34.1 Å². The van der Waals surface area contributed by atoms with E-state index in [1.165, 1.54) is 164 Å². The number of hydrogen-bond acceptors (Lipinski definition) is 1. The minimum atomic E-state index is -0.836. The van der Waals surface area contributed by atoms with Crippen LogP contribution in [0.4, 0.5) is 17.6 Å². The molecule has 0 unspecified atom stereocenters. The first kappa shape index (κ1) is 46.5. The van der Waals surface area contributed by atoms with Gasteiger partial charge in [-0.2, -0.15) is 0 Å². The van der Waals surface area contributed by atoms with Crippen molar-refractivity contribution in [1.29, 1.82) is 0 Å². The molecule has 2 saturated carbocycles. The zero-order chi connectivity index (χ0) is 42.8. The Hall–Kier alpha value is -3.96. The quantitative estimate of drug-likeness (QED) is 0.0566. The van der Waals surface area contributed by atoms with Crippen LogP contribution in [0.3, 0.4) is 0 Å². The van der Waals surface area contributed by atoms with E-state index in [9.17, 15) is 17.6 Å². The number of hydrogen-bond donors (Lipinski definition) is 0. The largest absolute Gasteiger partial charge is 0.373 e. The van der Waals surface area contributed by atoms with E-state index in [1.54, 1.807) is 12.1 Å². The van der Waals surface area contributed by atoms with Crippen molar-refractivity contribution < 1.29 is 22.3 Å². The summed E-state index contributed by atoms with van der Waals surface area (Å²) in [5.41, 5.74) is 8.03. The number of unbranched alkanes of at least 4 members (excludes halogenated alkanes) is 8. The predicted molar refractivity (Wildman–Crippen MR) is 248 cm³/mol. The van der Waals surface area contributed by atoms with Crippen LogP contribution in [0.15, 0.2) is 97.1 Å². The summed E-state index contributed by atoms with van der Waals surface area (Å²) in [5.74, 6) is -0.820. The van der Waals surface area contributed by atoms with Gasteiger partial charge in [-0.05, 0) is 144 Å². The van der Waals surface area contributed by atoms with Crippen LogP contribution in [0.2, 0.25) is 0 Å². The summed E-state index contributed by atoms with van der Waals surface area (Å²) in [5, 5.41) is 0. The summed E-state index contributed by atoms with van der Waals surface area (Å²) in [7, 11) is 0. The summed E-state index contributed by atoms with van der Waals surface area (Å²) >= 11 is 0. The molecule has 61 heavy (non-hydrogen) atoms. The van der Waals surface area contributed by atoms with Gasteiger partial charge in [-0.3, -0.25) is 0 Å². The Bertz CT molecular complexity index is 1820. The number of halogens is 4. The highest BCUT2D eigenvalue weighted by atomic mass is 19.2. The molecule has 6 rings (SSSR count). The molecule has 0 radical (unpaired) electrons. The van der Waals surface area contributed by atoms with Crippen LogP contribution >= 0.6 is 0 Å². The molecule has 2 aliphatic carbocycles. The van der Waals surface area contributed by atoms with Crippen molar-refractivity contribution in [2.24, 2.45) is 23.7 Å². The third-order valence-corrected chi connectivity index (χ3v) is 13.8. The summed E-state index contributed by atoms with van der Waals surface area (Å²) < 4.78 is 62.0. The maximum absolute atomic E-state index is 14.1. The van der Waals surface area contributed by atoms with E-state index >= 15 is 0 Å². The lowest BCUT2D eigenvalue weighted by Crippen LogP contribution is -2.17. The average Bonchev–Trinajstić information content (AvgIpc) is 3.29. The van der Waals surface area contributed by atoms with Crippen molar-refractivity contribution >= 4 is 11.1 Å². The fraction of sp³-hybridized carbons (Fsp3) is 0.500. The monoisotopic (exact) mass is 835 g/mol. The molecule has 0 spiro atoms. The van der Waals surface area contributed by atoms with Crippen LogP contribution < -0.4 is 0 Å². The van der Waals surface area contributed by atoms with Crippen molar-refractivity contribution in [1.82, 2.24) is 0 Å². The van der Waals surface area contributed by atoms with Crippen LogP contribution in [0.5, 0.6) is 0 Å². The average molecular weight is 835 g/mol. The Labute approximate surface area is 365 Å². The third-order valence-electron chi connectivity index (χ3n) is 13.8. The second kappa shape index (κ2) is 24.6. The Morgan fingerprint density at radius 3 is 1.16 bits per heavy atom. The molecule has 1 nitrogen and oxygen atoms in total. The summed E-state index contributed by atoms with van der Waals surface area (Å²) in [6, 6.07) is 24.8. The highest BCUT2D eigenvalue weighted by Crippen LogP contribution is 2.42. The lowest BCUT2D eigenvalue weighted by molar-refractivity contribution is 0.193. The molecule has 0 heterocycles. The molecule has 0 N–H and O–H groups in total. The molecule has 4 aromatic carbocycles. The van der Waals surface area contributed by atoms with E-state index in [0.29, 0.717) is 36.2 Å². The van der Waals surface area contributed by atoms with Crippen molar-refractivity contribution in [2.45, 2.75) is 142 Å². The second-order valence-corrected chi connectivity index (χ2v) is 18.1. The maximum atomic E-state index is 14.1. The second-order valence-electron chi connectivity index (χ2n) is 18.1. The normalized spacial score (nSPS) is 20.0. The van der Waals surface area contributed by atoms with Gasteiger partial charge in [0, 0.05) is 0 Å². The van der Waals surface area contributed by atoms with Gasteiger partial charge in [0.25, 0.3) is 0 Å². The first-order valence-electron chi connectivity index (χ1n) is 23.9. The SMILES string of the molecule is CCCCCCC[C@H]1CC[C@H](C(=CCOCC=C(c2ccc(-c3ccc(F)c(F)c3)cc2)[C@H]2CC[C@H](CCCCCCC)CC2)c2ccc(-c3ccc(F)c(F)c3)cc2)CC1. The molecular formula is C56H70F4O. The van der Waals surface area contributed by atoms with Crippen molar-refractivity contribution in [3.8, 4) is 22.3 Å². The van der Waals surface area contributed by atoms with Crippen LogP contribution in [0.1, 0.15) is 153 Å². The van der Waals surface area contributed by atoms with Crippen molar-refractivity contribution in [3.63, 3.8) is 0 Å². The molecule has 2 aliphatic rings. The molecule has 0 aromatic heterocycles. The van der Waals surface area contributed by atoms with E-state index in [-0.39, 0.29) is 0 Å². The molecule has 5 heteroatoms. The zero-order valence-electron chi connectivity index (χ0n) is 37.0. The minimum Gasteiger partial charge on any atom is -0.373 e.